The van der Waals surface area contributed by atoms with Crippen molar-refractivity contribution in [1.29, 1.82) is 0 Å². The summed E-state index contributed by atoms with van der Waals surface area (Å²) in [6, 6.07) is 24.0. The summed E-state index contributed by atoms with van der Waals surface area (Å²) >= 11 is 0. The van der Waals surface area contributed by atoms with Gasteiger partial charge in [0, 0.05) is 5.56 Å². The fourth-order valence-electron chi connectivity index (χ4n) is 3.44. The normalized spacial score (nSPS) is 12.1. The van der Waals surface area contributed by atoms with Gasteiger partial charge >= 0.3 is 0 Å². The van der Waals surface area contributed by atoms with Gasteiger partial charge in [0.15, 0.2) is 0 Å². The van der Waals surface area contributed by atoms with E-state index in [9.17, 15) is 13.2 Å². The molecule has 1 atom stereocenters. The van der Waals surface area contributed by atoms with E-state index in [4.69, 9.17) is 0 Å². The lowest BCUT2D eigenvalue weighted by Gasteiger charge is -2.23. The lowest BCUT2D eigenvalue weighted by molar-refractivity contribution is 0.0943. The largest absolute Gasteiger partial charge is 0.341 e. The van der Waals surface area contributed by atoms with Crippen LogP contribution in [-0.4, -0.2) is 27.1 Å². The van der Waals surface area contributed by atoms with Crippen LogP contribution in [0.4, 0.5) is 5.69 Å². The Balaban J connectivity index is 1.89. The summed E-state index contributed by atoms with van der Waals surface area (Å²) in [5.74, 6) is -0.238. The zero-order valence-electron chi connectivity index (χ0n) is 17.7. The number of hydrogen-bond acceptors (Lipinski definition) is 3. The molecule has 0 aliphatic heterocycles. The molecule has 1 unspecified atom stereocenters. The molecule has 0 fully saturated rings. The Morgan fingerprint density at radius 3 is 2.19 bits per heavy atom. The summed E-state index contributed by atoms with van der Waals surface area (Å²) in [6.07, 6.45) is 2.66. The molecule has 1 N–H and O–H groups in total. The minimum absolute atomic E-state index is 0.160. The number of nitrogens with zero attached hydrogens (tertiary/aromatic N) is 1. The quantitative estimate of drug-likeness (QED) is 0.532. The van der Waals surface area contributed by atoms with Crippen molar-refractivity contribution in [1.82, 2.24) is 5.32 Å². The van der Waals surface area contributed by atoms with Crippen molar-refractivity contribution in [2.45, 2.75) is 13.0 Å². The van der Waals surface area contributed by atoms with Crippen LogP contribution in [0, 0.1) is 6.92 Å². The molecule has 3 aromatic rings. The van der Waals surface area contributed by atoms with E-state index in [1.54, 1.807) is 24.3 Å². The van der Waals surface area contributed by atoms with E-state index in [1.165, 1.54) is 10.4 Å². The van der Waals surface area contributed by atoms with Crippen LogP contribution in [0.25, 0.3) is 0 Å². The Hall–Kier alpha value is -3.38. The zero-order chi connectivity index (χ0) is 22.4. The van der Waals surface area contributed by atoms with E-state index < -0.39 is 10.0 Å². The number of sulfonamides is 1. The number of aryl methyl sites for hydroxylation is 1. The maximum absolute atomic E-state index is 13.1. The highest BCUT2D eigenvalue weighted by molar-refractivity contribution is 7.92. The van der Waals surface area contributed by atoms with Crippen LogP contribution in [0.5, 0.6) is 0 Å². The molecule has 1 amide bonds. The van der Waals surface area contributed by atoms with Crippen LogP contribution >= 0.6 is 0 Å². The van der Waals surface area contributed by atoms with Crippen LogP contribution in [-0.2, 0) is 10.0 Å². The topological polar surface area (TPSA) is 66.5 Å². The molecule has 5 nitrogen and oxygen atoms in total. The predicted molar refractivity (Wildman–Crippen MR) is 126 cm³/mol. The molecular weight excluding hydrogens is 408 g/mol. The third-order valence-corrected chi connectivity index (χ3v) is 6.18. The lowest BCUT2D eigenvalue weighted by Crippen LogP contribution is -2.31. The van der Waals surface area contributed by atoms with Gasteiger partial charge in [-0.1, -0.05) is 60.7 Å². The number of anilines is 1. The molecule has 0 saturated carbocycles. The lowest BCUT2D eigenvalue weighted by atomic mass is 9.94. The third kappa shape index (κ3) is 5.41. The monoisotopic (exact) mass is 434 g/mol. The molecule has 6 heteroatoms. The molecular formula is C25H26N2O3S. The van der Waals surface area contributed by atoms with E-state index in [2.05, 4.69) is 11.9 Å². The number of benzene rings is 3. The molecule has 31 heavy (non-hydrogen) atoms. The van der Waals surface area contributed by atoms with Gasteiger partial charge in [-0.3, -0.25) is 9.10 Å². The second-order valence-electron chi connectivity index (χ2n) is 7.30. The fourth-order valence-corrected chi connectivity index (χ4v) is 4.32. The van der Waals surface area contributed by atoms with E-state index in [0.717, 1.165) is 22.9 Å². The SMILES string of the molecule is C=CCN(c1ccc(C(=O)NC(c2ccccc2)c2ccccc2C)cc1)S(C)(=O)=O. The molecule has 0 aliphatic carbocycles. The van der Waals surface area contributed by atoms with Crippen molar-refractivity contribution in [3.8, 4) is 0 Å². The Morgan fingerprint density at radius 2 is 1.61 bits per heavy atom. The summed E-state index contributed by atoms with van der Waals surface area (Å²) in [7, 11) is -3.45. The van der Waals surface area contributed by atoms with Crippen LogP contribution in [0.2, 0.25) is 0 Å². The van der Waals surface area contributed by atoms with Crippen molar-refractivity contribution in [3.05, 3.63) is 114 Å². The minimum Gasteiger partial charge on any atom is -0.341 e. The Bertz CT molecular complexity index is 1160. The van der Waals surface area contributed by atoms with Gasteiger partial charge < -0.3 is 5.32 Å². The molecule has 0 aliphatic rings. The molecule has 0 heterocycles. The van der Waals surface area contributed by atoms with E-state index in [0.29, 0.717) is 11.3 Å². The fraction of sp³-hybridized carbons (Fsp3) is 0.160. The van der Waals surface area contributed by atoms with Gasteiger partial charge in [-0.2, -0.15) is 0 Å². The smallest absolute Gasteiger partial charge is 0.252 e. The van der Waals surface area contributed by atoms with Gasteiger partial charge in [0.1, 0.15) is 0 Å². The first-order valence-corrected chi connectivity index (χ1v) is 11.8. The highest BCUT2D eigenvalue weighted by atomic mass is 32.2. The second kappa shape index (κ2) is 9.62. The number of amides is 1. The Kier molecular flexibility index (Phi) is 6.92. The molecule has 0 saturated heterocycles. The van der Waals surface area contributed by atoms with Crippen molar-refractivity contribution < 1.29 is 13.2 Å². The van der Waals surface area contributed by atoms with Gasteiger partial charge in [0.05, 0.1) is 24.5 Å². The van der Waals surface area contributed by atoms with Gasteiger partial charge in [0.25, 0.3) is 5.91 Å². The first kappa shape index (κ1) is 22.3. The number of carbonyl (C=O) groups excluding carboxylic acids is 1. The van der Waals surface area contributed by atoms with Crippen molar-refractivity contribution in [3.63, 3.8) is 0 Å². The van der Waals surface area contributed by atoms with Gasteiger partial charge in [-0.05, 0) is 47.9 Å². The number of nitrogens with one attached hydrogen (secondary N) is 1. The molecule has 3 aromatic carbocycles. The molecule has 0 radical (unpaired) electrons. The zero-order valence-corrected chi connectivity index (χ0v) is 18.5. The number of hydrogen-bond donors (Lipinski definition) is 1. The van der Waals surface area contributed by atoms with Crippen LogP contribution in [0.3, 0.4) is 0 Å². The highest BCUT2D eigenvalue weighted by Crippen LogP contribution is 2.26. The first-order chi connectivity index (χ1) is 14.8. The second-order valence-corrected chi connectivity index (χ2v) is 9.21. The Morgan fingerprint density at radius 1 is 1.00 bits per heavy atom. The first-order valence-electron chi connectivity index (χ1n) is 9.91. The number of rotatable bonds is 8. The van der Waals surface area contributed by atoms with E-state index in [1.807, 2.05) is 61.5 Å². The van der Waals surface area contributed by atoms with Crippen LogP contribution < -0.4 is 9.62 Å². The summed E-state index contributed by atoms with van der Waals surface area (Å²) in [5.41, 5.74) is 4.02. The average molecular weight is 435 g/mol. The maximum Gasteiger partial charge on any atom is 0.252 e. The van der Waals surface area contributed by atoms with E-state index >= 15 is 0 Å². The molecule has 3 rings (SSSR count). The van der Waals surface area contributed by atoms with Gasteiger partial charge in [-0.25, -0.2) is 8.42 Å². The molecule has 160 valence electrons. The van der Waals surface area contributed by atoms with Gasteiger partial charge in [-0.15, -0.1) is 6.58 Å². The van der Waals surface area contributed by atoms with Gasteiger partial charge in [0.2, 0.25) is 10.0 Å². The van der Waals surface area contributed by atoms with Crippen LogP contribution in [0.1, 0.15) is 33.1 Å². The van der Waals surface area contributed by atoms with Crippen molar-refractivity contribution in [2.24, 2.45) is 0 Å². The Labute approximate surface area is 184 Å². The molecule has 0 spiro atoms. The average Bonchev–Trinajstić information content (AvgIpc) is 2.76. The molecule has 0 aromatic heterocycles. The summed E-state index contributed by atoms with van der Waals surface area (Å²) in [6.45, 7) is 5.79. The predicted octanol–water partition coefficient (Wildman–Crippen LogP) is 4.47. The highest BCUT2D eigenvalue weighted by Gasteiger charge is 2.20. The number of carbonyl (C=O) groups is 1. The maximum atomic E-state index is 13.1. The van der Waals surface area contributed by atoms with Crippen molar-refractivity contribution >= 4 is 21.6 Å². The van der Waals surface area contributed by atoms with Crippen LogP contribution in [0.15, 0.2) is 91.5 Å². The minimum atomic E-state index is -3.45. The summed E-state index contributed by atoms with van der Waals surface area (Å²) in [5, 5.41) is 3.12. The summed E-state index contributed by atoms with van der Waals surface area (Å²) < 4.78 is 25.3. The summed E-state index contributed by atoms with van der Waals surface area (Å²) in [4.78, 5) is 13.1. The van der Waals surface area contributed by atoms with E-state index in [-0.39, 0.29) is 18.5 Å². The standard InChI is InChI=1S/C25H26N2O3S/c1-4-18-27(31(3,29)30)22-16-14-21(15-17-22)25(28)26-24(20-11-6-5-7-12-20)23-13-9-8-10-19(23)2/h4-17,24H,1,18H2,2-3H3,(H,26,28). The third-order valence-electron chi connectivity index (χ3n) is 5.02. The van der Waals surface area contributed by atoms with Crippen molar-refractivity contribution in [2.75, 3.05) is 17.1 Å². The molecule has 0 bridgehead atoms.